The van der Waals surface area contributed by atoms with E-state index in [0.29, 0.717) is 0 Å². The molecule has 1 aliphatic rings. The maximum atomic E-state index is 10.2. The first kappa shape index (κ1) is 38.9. The van der Waals surface area contributed by atoms with Crippen LogP contribution in [0.2, 0.25) is 0 Å². The van der Waals surface area contributed by atoms with Crippen LogP contribution in [-0.4, -0.2) is 95.5 Å². The maximum absolute atomic E-state index is 10.2. The summed E-state index contributed by atoms with van der Waals surface area (Å²) in [6.45, 7) is 11.9. The number of aliphatic hydroxyl groups excluding tert-OH is 2. The van der Waals surface area contributed by atoms with Gasteiger partial charge in [-0.3, -0.25) is 4.98 Å². The molecular formula is C24H47N4O4Ru+2. The number of carboxylic acid groups (broad SMARTS) is 1. The van der Waals surface area contributed by atoms with Gasteiger partial charge in [-0.05, 0) is 65.7 Å². The van der Waals surface area contributed by atoms with Crippen LogP contribution in [0, 0.1) is 0 Å². The molecule has 0 spiro atoms. The predicted octanol–water partition coefficient (Wildman–Crippen LogP) is 4.28. The van der Waals surface area contributed by atoms with E-state index in [1.807, 2.05) is 7.05 Å². The monoisotopic (exact) mass is 557 g/mol. The molecule has 0 aromatic carbocycles. The number of hydrogen-bond acceptors (Lipinski definition) is 6. The molecule has 1 aromatic heterocycles. The van der Waals surface area contributed by atoms with Gasteiger partial charge in [0.05, 0.1) is 17.4 Å². The minimum Gasteiger partial charge on any atom is -0.664 e. The van der Waals surface area contributed by atoms with E-state index >= 15 is 0 Å². The van der Waals surface area contributed by atoms with E-state index in [1.165, 1.54) is 63.5 Å². The number of rotatable bonds is 7. The van der Waals surface area contributed by atoms with Gasteiger partial charge in [0.2, 0.25) is 0 Å². The molecule has 1 fully saturated rings. The minimum absolute atomic E-state index is 0. The fourth-order valence-corrected chi connectivity index (χ4v) is 2.37. The molecule has 2 rings (SSSR count). The zero-order chi connectivity index (χ0) is 24.2. The number of aliphatic hydroxyl groups is 2. The van der Waals surface area contributed by atoms with Crippen molar-refractivity contribution >= 4 is 5.97 Å². The Morgan fingerprint density at radius 1 is 1.33 bits per heavy atom. The van der Waals surface area contributed by atoms with Crippen LogP contribution in [0.1, 0.15) is 58.3 Å². The first-order valence-corrected chi connectivity index (χ1v) is 10.7. The van der Waals surface area contributed by atoms with E-state index < -0.39 is 12.1 Å². The van der Waals surface area contributed by atoms with Crippen LogP contribution in [0.5, 0.6) is 0 Å². The first-order valence-electron chi connectivity index (χ1n) is 10.7. The van der Waals surface area contributed by atoms with Crippen molar-refractivity contribution in [2.75, 3.05) is 47.3 Å². The summed E-state index contributed by atoms with van der Waals surface area (Å²) in [6, 6.07) is 3.69. The fourth-order valence-electron chi connectivity index (χ4n) is 2.37. The van der Waals surface area contributed by atoms with Crippen molar-refractivity contribution in [3.63, 3.8) is 0 Å². The van der Waals surface area contributed by atoms with Crippen LogP contribution in [0.15, 0.2) is 36.4 Å². The Labute approximate surface area is 214 Å². The van der Waals surface area contributed by atoms with Crippen molar-refractivity contribution in [1.29, 1.82) is 0 Å². The second kappa shape index (κ2) is 25.3. The molecule has 0 aliphatic carbocycles. The molecule has 2 atom stereocenters. The molecule has 0 saturated carbocycles. The van der Waals surface area contributed by atoms with Crippen LogP contribution in [0.25, 0.3) is 5.32 Å². The number of allylic oxidation sites excluding steroid dienone is 1. The van der Waals surface area contributed by atoms with Gasteiger partial charge in [0.15, 0.2) is 0 Å². The molecular weight excluding hydrogens is 509 g/mol. The van der Waals surface area contributed by atoms with Crippen molar-refractivity contribution in [3.05, 3.63) is 47.2 Å². The number of nitrogens with zero attached hydrogens (tertiary/aromatic N) is 4. The molecule has 193 valence electrons. The van der Waals surface area contributed by atoms with Crippen molar-refractivity contribution in [1.82, 2.24) is 14.8 Å². The Bertz CT molecular complexity index is 585. The molecule has 1 radical (unpaired) electrons. The maximum Gasteiger partial charge on any atom is 3.00 e. The summed E-state index contributed by atoms with van der Waals surface area (Å²) in [5.74, 6) is -0.757. The van der Waals surface area contributed by atoms with E-state index in [1.54, 1.807) is 6.92 Å². The van der Waals surface area contributed by atoms with Gasteiger partial charge in [0, 0.05) is 25.0 Å². The van der Waals surface area contributed by atoms with Gasteiger partial charge in [-0.15, -0.1) is 6.54 Å². The van der Waals surface area contributed by atoms with Gasteiger partial charge < -0.3 is 30.4 Å². The minimum atomic E-state index is -0.919. The third-order valence-electron chi connectivity index (χ3n) is 4.08. The topological polar surface area (TPSA) is 111 Å². The second-order valence-corrected chi connectivity index (χ2v) is 7.52. The summed E-state index contributed by atoms with van der Waals surface area (Å²) < 4.78 is 0. The number of carboxylic acids is 1. The zero-order valence-corrected chi connectivity index (χ0v) is 22.4. The van der Waals surface area contributed by atoms with Crippen LogP contribution < -0.4 is 0 Å². The smallest absolute Gasteiger partial charge is 0.664 e. The Kier molecular flexibility index (Phi) is 29.7. The SMILES string of the molecule is C.CC(O)=CC(C)O.CCC.C[N-]CCN(C)CC1CCN1C.O=C(O)c1ccncc1.[Ru+3]. The Balaban J connectivity index is -0.000000180. The fraction of sp³-hybridized carbons (Fsp3) is 0.667. The summed E-state index contributed by atoms with van der Waals surface area (Å²) in [4.78, 5) is 18.6. The van der Waals surface area contributed by atoms with E-state index in [4.69, 9.17) is 15.3 Å². The second-order valence-electron chi connectivity index (χ2n) is 7.52. The molecule has 3 N–H and O–H groups in total. The summed E-state index contributed by atoms with van der Waals surface area (Å²) in [6.07, 6.45) is 6.34. The molecule has 9 heteroatoms. The quantitative estimate of drug-likeness (QED) is 0.340. The Morgan fingerprint density at radius 3 is 2.09 bits per heavy atom. The zero-order valence-electron chi connectivity index (χ0n) is 20.7. The normalized spacial score (nSPS) is 15.4. The van der Waals surface area contributed by atoms with Crippen molar-refractivity contribution in [2.45, 2.75) is 60.1 Å². The third-order valence-corrected chi connectivity index (χ3v) is 4.08. The standard InChI is InChI=1S/C9H20N3.C6H5NO2.C5H10O2.C3H8.CH4.Ru/c1-10-5-7-11(2)8-9-4-6-12(9)3;8-6(9)5-1-3-7-4-2-5;1-4(6)3-5(2)7;1-3-2;;/h9H,4-8H2,1-3H3;1-4H,(H,8,9);3-4,6-7H,1-2H3;3H2,1-2H3;1H4;/q-1;;;;;+3. The van der Waals surface area contributed by atoms with Gasteiger partial charge in [-0.2, -0.15) is 7.05 Å². The summed E-state index contributed by atoms with van der Waals surface area (Å²) in [7, 11) is 6.26. The van der Waals surface area contributed by atoms with Gasteiger partial charge in [-0.1, -0.05) is 27.7 Å². The number of carbonyl (C=O) groups is 1. The van der Waals surface area contributed by atoms with E-state index in [-0.39, 0.29) is 38.2 Å². The van der Waals surface area contributed by atoms with E-state index in [2.05, 4.69) is 48.0 Å². The number of likely N-dealkylation sites (tertiary alicyclic amines) is 1. The molecule has 8 nitrogen and oxygen atoms in total. The van der Waals surface area contributed by atoms with E-state index in [0.717, 1.165) is 19.1 Å². The number of likely N-dealkylation sites (N-methyl/N-ethyl adjacent to an activating group) is 3. The number of hydrogen-bond donors (Lipinski definition) is 3. The van der Waals surface area contributed by atoms with Crippen LogP contribution in [-0.2, 0) is 19.5 Å². The number of aromatic carboxylic acids is 1. The summed E-state index contributed by atoms with van der Waals surface area (Å²) in [5, 5.41) is 29.4. The van der Waals surface area contributed by atoms with Gasteiger partial charge >= 0.3 is 25.4 Å². The van der Waals surface area contributed by atoms with Crippen molar-refractivity contribution < 1.29 is 39.6 Å². The van der Waals surface area contributed by atoms with Gasteiger partial charge in [0.1, 0.15) is 0 Å². The number of aromatic nitrogens is 1. The van der Waals surface area contributed by atoms with Gasteiger partial charge in [-0.25, -0.2) is 4.79 Å². The summed E-state index contributed by atoms with van der Waals surface area (Å²) in [5.41, 5.74) is 0.269. The Hall–Kier alpha value is -1.38. The van der Waals surface area contributed by atoms with Crippen LogP contribution in [0.4, 0.5) is 0 Å². The largest absolute Gasteiger partial charge is 3.00 e. The summed E-state index contributed by atoms with van der Waals surface area (Å²) >= 11 is 0. The molecule has 1 saturated heterocycles. The van der Waals surface area contributed by atoms with Crippen LogP contribution in [0.3, 0.4) is 0 Å². The van der Waals surface area contributed by atoms with Crippen molar-refractivity contribution in [2.24, 2.45) is 0 Å². The average Bonchev–Trinajstić information content (AvgIpc) is 2.70. The molecule has 33 heavy (non-hydrogen) atoms. The predicted molar refractivity (Wildman–Crippen MR) is 135 cm³/mol. The van der Waals surface area contributed by atoms with Crippen LogP contribution >= 0.6 is 0 Å². The molecule has 0 bridgehead atoms. The van der Waals surface area contributed by atoms with Gasteiger partial charge in [0.25, 0.3) is 0 Å². The Morgan fingerprint density at radius 2 is 1.85 bits per heavy atom. The van der Waals surface area contributed by atoms with E-state index in [9.17, 15) is 4.79 Å². The number of pyridine rings is 1. The molecule has 1 aliphatic heterocycles. The molecule has 2 heterocycles. The molecule has 0 amide bonds. The molecule has 2 unspecified atom stereocenters. The average molecular weight is 557 g/mol. The molecule has 1 aromatic rings. The first-order chi connectivity index (χ1) is 14.6. The van der Waals surface area contributed by atoms with Crippen molar-refractivity contribution in [3.8, 4) is 0 Å². The third kappa shape index (κ3) is 25.1.